The Hall–Kier alpha value is -1.96. The Morgan fingerprint density at radius 3 is 1.12 bits per heavy atom. The zero-order valence-electron chi connectivity index (χ0n) is 25.7. The number of benzene rings is 4. The molecule has 4 aromatic carbocycles. The van der Waals surface area contributed by atoms with Crippen molar-refractivity contribution in [3.05, 3.63) is 143 Å². The number of allylic oxidation sites excluding steroid dienone is 2. The Balaban J connectivity index is 0.00000202. The van der Waals surface area contributed by atoms with Crippen LogP contribution in [0.2, 0.25) is 0 Å². The molecule has 42 heavy (non-hydrogen) atoms. The molecule has 0 aliphatic heterocycles. The zero-order valence-corrected chi connectivity index (χ0v) is 31.2. The van der Waals surface area contributed by atoms with E-state index in [9.17, 15) is 0 Å². The quantitative estimate of drug-likeness (QED) is 0.188. The van der Waals surface area contributed by atoms with E-state index >= 15 is 0 Å². The van der Waals surface area contributed by atoms with Crippen molar-refractivity contribution < 1.29 is 17.4 Å². The van der Waals surface area contributed by atoms with Crippen LogP contribution in [-0.2, 0) is 17.4 Å². The van der Waals surface area contributed by atoms with Gasteiger partial charge in [0, 0.05) is 0 Å². The average Bonchev–Trinajstić information content (AvgIpc) is 3.55. The van der Waals surface area contributed by atoms with Crippen molar-refractivity contribution in [1.82, 2.24) is 0 Å². The van der Waals surface area contributed by atoms with Gasteiger partial charge in [0.1, 0.15) is 0 Å². The van der Waals surface area contributed by atoms with Crippen molar-refractivity contribution in [2.45, 2.75) is 48.8 Å². The van der Waals surface area contributed by atoms with Gasteiger partial charge in [0.2, 0.25) is 0 Å². The van der Waals surface area contributed by atoms with Crippen LogP contribution in [0.15, 0.2) is 120 Å². The van der Waals surface area contributed by atoms with Crippen LogP contribution in [0.25, 0.3) is 12.2 Å². The van der Waals surface area contributed by atoms with Gasteiger partial charge in [-0.3, -0.25) is 0 Å². The van der Waals surface area contributed by atoms with Gasteiger partial charge in [0.25, 0.3) is 0 Å². The Morgan fingerprint density at radius 2 is 0.786 bits per heavy atom. The van der Waals surface area contributed by atoms with Gasteiger partial charge in [-0.2, -0.15) is 0 Å². The van der Waals surface area contributed by atoms with Gasteiger partial charge in [0.05, 0.1) is 0 Å². The second-order valence-corrected chi connectivity index (χ2v) is 36.9. The molecule has 0 heterocycles. The molecule has 4 heteroatoms. The summed E-state index contributed by atoms with van der Waals surface area (Å²) >= 11 is -4.59. The minimum absolute atomic E-state index is 0. The molecule has 6 rings (SSSR count). The standard InChI is InChI=1S/2C13H15.2C6H5.2ClH.H2Si.Zr/c2*1-13(2,3)12-8-10-6-4-5-7-11(10)9-12;2*1-2-4-6-5-3-1;;;;/h2*4-9H,1-3H3;2*1-5H;2*1H;1H2;. The molecule has 218 valence electrons. The average molecular weight is 691 g/mol. The fourth-order valence-corrected chi connectivity index (χ4v) is 36.6. The number of fused-ring (bicyclic) bond motifs is 2. The maximum Gasteiger partial charge on any atom is -0.147 e. The first kappa shape index (κ1) is 32.9. The van der Waals surface area contributed by atoms with Gasteiger partial charge in [-0.15, -0.1) is 24.8 Å². The number of hydrogen-bond acceptors (Lipinski definition) is 0. The van der Waals surface area contributed by atoms with Crippen LogP contribution in [-0.4, -0.2) is 6.88 Å². The second kappa shape index (κ2) is 11.5. The van der Waals surface area contributed by atoms with E-state index in [4.69, 9.17) is 0 Å². The van der Waals surface area contributed by atoms with E-state index in [1.54, 1.807) is 17.7 Å². The molecule has 0 bridgehead atoms. The fraction of sp³-hybridized carbons (Fsp3) is 0.263. The first-order valence-electron chi connectivity index (χ1n) is 14.7. The predicted molar refractivity (Wildman–Crippen MR) is 188 cm³/mol. The van der Waals surface area contributed by atoms with E-state index in [1.807, 2.05) is 0 Å². The molecule has 4 aromatic rings. The van der Waals surface area contributed by atoms with E-state index in [2.05, 4.69) is 170 Å². The SMILES string of the molecule is CC(C)(C)C1=Cc2ccccc2[CH]1[Zr](=[SiH2])([c]1ccccc1)([c]1ccccc1)[CH]1C(C(C)(C)C)=Cc2ccccc21.Cl.Cl. The molecular weight excluding hydrogens is 647 g/mol. The largest absolute Gasteiger partial charge is 0.147 e. The summed E-state index contributed by atoms with van der Waals surface area (Å²) < 4.78 is 3.87. The molecular formula is C38H44Cl2SiZr. The topological polar surface area (TPSA) is 0 Å². The summed E-state index contributed by atoms with van der Waals surface area (Å²) in [4.78, 5) is 0. The van der Waals surface area contributed by atoms with Crippen molar-refractivity contribution in [2.75, 3.05) is 0 Å². The number of hydrogen-bond donors (Lipinski definition) is 0. The summed E-state index contributed by atoms with van der Waals surface area (Å²) in [6.07, 6.45) is 5.13. The predicted octanol–water partition coefficient (Wildman–Crippen LogP) is 9.09. The summed E-state index contributed by atoms with van der Waals surface area (Å²) in [5.41, 5.74) is 9.13. The van der Waals surface area contributed by atoms with Gasteiger partial charge in [-0.1, -0.05) is 0 Å². The molecule has 2 aliphatic carbocycles. The van der Waals surface area contributed by atoms with E-state index in [1.165, 1.54) is 22.3 Å². The van der Waals surface area contributed by atoms with Gasteiger partial charge >= 0.3 is 245 Å². The van der Waals surface area contributed by atoms with Crippen molar-refractivity contribution in [3.8, 4) is 0 Å². The van der Waals surface area contributed by atoms with Crippen molar-refractivity contribution in [1.29, 1.82) is 0 Å². The minimum Gasteiger partial charge on any atom is -0.147 e. The van der Waals surface area contributed by atoms with Crippen LogP contribution >= 0.6 is 24.8 Å². The first-order chi connectivity index (χ1) is 19.0. The van der Waals surface area contributed by atoms with Crippen LogP contribution in [0, 0.1) is 10.8 Å². The summed E-state index contributed by atoms with van der Waals surface area (Å²) in [5, 5.41) is 0. The van der Waals surface area contributed by atoms with Crippen LogP contribution in [0.4, 0.5) is 0 Å². The van der Waals surface area contributed by atoms with Gasteiger partial charge in [-0.25, -0.2) is 0 Å². The van der Waals surface area contributed by atoms with E-state index in [-0.39, 0.29) is 35.6 Å². The van der Waals surface area contributed by atoms with E-state index < -0.39 is 17.4 Å². The summed E-state index contributed by atoms with van der Waals surface area (Å²) in [6.45, 7) is 17.1. The van der Waals surface area contributed by atoms with Gasteiger partial charge in [-0.05, 0) is 0 Å². The molecule has 2 unspecified atom stereocenters. The molecule has 2 atom stereocenters. The smallest absolute Gasteiger partial charge is 0.147 e. The van der Waals surface area contributed by atoms with Crippen LogP contribution in [0.5, 0.6) is 0 Å². The Morgan fingerprint density at radius 1 is 0.476 bits per heavy atom. The third-order valence-corrected chi connectivity index (χ3v) is 37.4. The molecule has 0 aromatic heterocycles. The van der Waals surface area contributed by atoms with Crippen molar-refractivity contribution >= 4 is 50.4 Å². The molecule has 0 fully saturated rings. The van der Waals surface area contributed by atoms with Crippen molar-refractivity contribution in [3.63, 3.8) is 0 Å². The van der Waals surface area contributed by atoms with Crippen LogP contribution in [0.1, 0.15) is 71.0 Å². The zero-order chi connectivity index (χ0) is 28.4. The Labute approximate surface area is 268 Å². The number of halogens is 2. The summed E-state index contributed by atoms with van der Waals surface area (Å²) in [7, 11) is 0. The second-order valence-electron chi connectivity index (χ2n) is 14.2. The minimum atomic E-state index is -4.59. The fourth-order valence-electron chi connectivity index (χ4n) is 8.03. The summed E-state index contributed by atoms with van der Waals surface area (Å²) in [5.74, 6) is 0. The normalized spacial score (nSPS) is 18.2. The maximum absolute atomic E-state index is 4.59. The third-order valence-electron chi connectivity index (χ3n) is 9.82. The molecule has 0 nitrogen and oxygen atoms in total. The molecule has 0 N–H and O–H groups in total. The van der Waals surface area contributed by atoms with Crippen LogP contribution < -0.4 is 6.54 Å². The Bertz CT molecular complexity index is 1590. The number of rotatable bonds is 4. The monoisotopic (exact) mass is 688 g/mol. The van der Waals surface area contributed by atoms with E-state index in [0.717, 1.165) is 0 Å². The van der Waals surface area contributed by atoms with Gasteiger partial charge in [0.15, 0.2) is 0 Å². The third kappa shape index (κ3) is 4.82. The maximum atomic E-state index is 2.56. The molecule has 0 radical (unpaired) electrons. The van der Waals surface area contributed by atoms with Crippen molar-refractivity contribution in [2.24, 2.45) is 10.8 Å². The molecule has 0 amide bonds. The molecule has 0 saturated heterocycles. The molecule has 0 saturated carbocycles. The summed E-state index contributed by atoms with van der Waals surface area (Å²) in [6, 6.07) is 42.1. The van der Waals surface area contributed by atoms with E-state index in [0.29, 0.717) is 7.25 Å². The molecule has 2 aliphatic rings. The first-order valence-corrected chi connectivity index (χ1v) is 25.9. The molecule has 0 spiro atoms. The Kier molecular flexibility index (Phi) is 9.03. The van der Waals surface area contributed by atoms with Crippen LogP contribution in [0.3, 0.4) is 0 Å². The van der Waals surface area contributed by atoms with Gasteiger partial charge < -0.3 is 0 Å².